The summed E-state index contributed by atoms with van der Waals surface area (Å²) in [4.78, 5) is 22.9. The Kier molecular flexibility index (Phi) is 6.07. The number of hydrogen-bond acceptors (Lipinski definition) is 4. The summed E-state index contributed by atoms with van der Waals surface area (Å²) in [5, 5.41) is 3.68. The van der Waals surface area contributed by atoms with Crippen molar-refractivity contribution < 1.29 is 9.59 Å². The fraction of sp³-hybridized carbons (Fsp3) is 0.857. The van der Waals surface area contributed by atoms with Gasteiger partial charge in [0.1, 0.15) is 5.78 Å². The number of hydrogen-bond donors (Lipinski definition) is 2. The van der Waals surface area contributed by atoms with Crippen LogP contribution in [0.5, 0.6) is 0 Å². The lowest BCUT2D eigenvalue weighted by atomic mass is 9.97. The van der Waals surface area contributed by atoms with E-state index in [0.717, 1.165) is 43.6 Å². The lowest BCUT2D eigenvalue weighted by molar-refractivity contribution is -0.120. The van der Waals surface area contributed by atoms with E-state index in [1.54, 1.807) is 0 Å². The third kappa shape index (κ3) is 4.42. The highest BCUT2D eigenvalue weighted by atomic mass is 32.2. The molecule has 0 aromatic rings. The van der Waals surface area contributed by atoms with Crippen LogP contribution in [-0.2, 0) is 9.59 Å². The van der Waals surface area contributed by atoms with Crippen molar-refractivity contribution in [3.63, 3.8) is 0 Å². The Balaban J connectivity index is 1.59. The Bertz CT molecular complexity index is 335. The molecule has 0 saturated carbocycles. The summed E-state index contributed by atoms with van der Waals surface area (Å²) in [5.41, 5.74) is 0. The van der Waals surface area contributed by atoms with Crippen LogP contribution in [0.25, 0.3) is 0 Å². The smallest absolute Gasteiger partial charge is 0.220 e. The van der Waals surface area contributed by atoms with Crippen molar-refractivity contribution in [2.24, 2.45) is 5.92 Å². The Morgan fingerprint density at radius 2 is 2.11 bits per heavy atom. The predicted molar refractivity (Wildman–Crippen MR) is 82.8 cm³/mol. The topological polar surface area (TPSA) is 46.2 Å². The summed E-state index contributed by atoms with van der Waals surface area (Å²) in [5.74, 6) is 3.07. The van der Waals surface area contributed by atoms with E-state index < -0.39 is 0 Å². The molecule has 2 aliphatic heterocycles. The molecule has 0 bridgehead atoms. The minimum atomic E-state index is 0.224. The quantitative estimate of drug-likeness (QED) is 0.535. The minimum Gasteiger partial charge on any atom is -0.352 e. The van der Waals surface area contributed by atoms with Gasteiger partial charge in [0.15, 0.2) is 0 Å². The van der Waals surface area contributed by atoms with Crippen LogP contribution in [0.2, 0.25) is 0 Å². The van der Waals surface area contributed by atoms with Crippen molar-refractivity contribution in [1.82, 2.24) is 5.32 Å². The maximum absolute atomic E-state index is 11.5. The van der Waals surface area contributed by atoms with Gasteiger partial charge in [-0.2, -0.15) is 24.4 Å². The number of unbranched alkanes of at least 4 members (excludes halogenated alkanes) is 1. The summed E-state index contributed by atoms with van der Waals surface area (Å²) in [6.07, 6.45) is 6.24. The molecular weight excluding hydrogens is 278 g/mol. The molecule has 0 aliphatic carbocycles. The summed E-state index contributed by atoms with van der Waals surface area (Å²) < 4.78 is 0. The summed E-state index contributed by atoms with van der Waals surface area (Å²) in [6.45, 7) is 0. The van der Waals surface area contributed by atoms with Gasteiger partial charge in [-0.3, -0.25) is 9.59 Å². The SMILES string of the molecule is O=C(CCCS)CCCC[C@@H]1SC[C@@H]2CC(=O)N[C@@H]21. The van der Waals surface area contributed by atoms with Crippen LogP contribution in [0.4, 0.5) is 0 Å². The first-order valence-corrected chi connectivity index (χ1v) is 8.92. The van der Waals surface area contributed by atoms with Crippen molar-refractivity contribution in [2.45, 2.75) is 56.2 Å². The second kappa shape index (κ2) is 7.58. The monoisotopic (exact) mass is 301 g/mol. The number of nitrogens with one attached hydrogen (secondary N) is 1. The maximum atomic E-state index is 11.5. The molecule has 3 nitrogen and oxygen atoms in total. The Labute approximate surface area is 125 Å². The summed E-state index contributed by atoms with van der Waals surface area (Å²) in [6, 6.07) is 0.400. The molecule has 2 aliphatic rings. The number of fused-ring (bicyclic) bond motifs is 1. The molecule has 3 atom stereocenters. The third-order valence-corrected chi connectivity index (χ3v) is 5.91. The highest BCUT2D eigenvalue weighted by Gasteiger charge is 2.42. The van der Waals surface area contributed by atoms with Gasteiger partial charge in [-0.15, -0.1) is 0 Å². The van der Waals surface area contributed by atoms with Crippen molar-refractivity contribution in [2.75, 3.05) is 11.5 Å². The average Bonchev–Trinajstić information content (AvgIpc) is 2.92. The lowest BCUT2D eigenvalue weighted by Crippen LogP contribution is -2.34. The van der Waals surface area contributed by atoms with Gasteiger partial charge < -0.3 is 5.32 Å². The van der Waals surface area contributed by atoms with E-state index in [1.165, 1.54) is 0 Å². The van der Waals surface area contributed by atoms with Gasteiger partial charge in [-0.05, 0) is 36.7 Å². The zero-order valence-corrected chi connectivity index (χ0v) is 13.0. The molecule has 19 heavy (non-hydrogen) atoms. The molecule has 5 heteroatoms. The number of thioether (sulfide) groups is 1. The molecule has 0 unspecified atom stereocenters. The van der Waals surface area contributed by atoms with Crippen LogP contribution in [0.3, 0.4) is 0 Å². The van der Waals surface area contributed by atoms with E-state index >= 15 is 0 Å². The molecule has 0 aromatic carbocycles. The number of ketones is 1. The van der Waals surface area contributed by atoms with E-state index in [4.69, 9.17) is 0 Å². The zero-order valence-electron chi connectivity index (χ0n) is 11.3. The first-order valence-electron chi connectivity index (χ1n) is 7.24. The van der Waals surface area contributed by atoms with Crippen LogP contribution in [-0.4, -0.2) is 34.5 Å². The van der Waals surface area contributed by atoms with Crippen LogP contribution < -0.4 is 5.32 Å². The van der Waals surface area contributed by atoms with Crippen LogP contribution in [0.15, 0.2) is 0 Å². The van der Waals surface area contributed by atoms with E-state index in [1.807, 2.05) is 11.8 Å². The fourth-order valence-electron chi connectivity index (χ4n) is 2.97. The second-order valence-corrected chi connectivity index (χ2v) is 7.26. The summed E-state index contributed by atoms with van der Waals surface area (Å²) >= 11 is 6.12. The van der Waals surface area contributed by atoms with E-state index in [2.05, 4.69) is 17.9 Å². The Morgan fingerprint density at radius 3 is 2.89 bits per heavy atom. The molecule has 2 heterocycles. The number of carbonyl (C=O) groups excluding carboxylic acids is 2. The van der Waals surface area contributed by atoms with Crippen LogP contribution >= 0.6 is 24.4 Å². The minimum absolute atomic E-state index is 0.224. The number of Topliss-reactive ketones (excluding diaryl/α,β-unsaturated/α-hetero) is 1. The largest absolute Gasteiger partial charge is 0.352 e. The molecular formula is C14H23NO2S2. The molecule has 1 amide bonds. The summed E-state index contributed by atoms with van der Waals surface area (Å²) in [7, 11) is 0. The van der Waals surface area contributed by atoms with Crippen molar-refractivity contribution >= 4 is 36.1 Å². The fourth-order valence-corrected chi connectivity index (χ4v) is 4.78. The molecule has 0 spiro atoms. The van der Waals surface area contributed by atoms with Gasteiger partial charge in [-0.25, -0.2) is 0 Å². The first kappa shape index (κ1) is 15.2. The molecule has 2 fully saturated rings. The zero-order chi connectivity index (χ0) is 13.7. The Hall–Kier alpha value is -0.160. The predicted octanol–water partition coefficient (Wildman–Crippen LogP) is 2.45. The number of carbonyl (C=O) groups is 2. The molecule has 1 N–H and O–H groups in total. The van der Waals surface area contributed by atoms with Crippen molar-refractivity contribution in [3.8, 4) is 0 Å². The Morgan fingerprint density at radius 1 is 1.32 bits per heavy atom. The molecule has 108 valence electrons. The molecule has 2 saturated heterocycles. The van der Waals surface area contributed by atoms with Crippen molar-refractivity contribution in [3.05, 3.63) is 0 Å². The number of thiol groups is 1. The van der Waals surface area contributed by atoms with Crippen LogP contribution in [0.1, 0.15) is 44.9 Å². The number of amides is 1. The van der Waals surface area contributed by atoms with Gasteiger partial charge in [-0.1, -0.05) is 6.42 Å². The van der Waals surface area contributed by atoms with Crippen LogP contribution in [0, 0.1) is 5.92 Å². The lowest BCUT2D eigenvalue weighted by Gasteiger charge is -2.17. The molecule has 0 radical (unpaired) electrons. The maximum Gasteiger partial charge on any atom is 0.220 e. The van der Waals surface area contributed by atoms with Gasteiger partial charge in [0.2, 0.25) is 5.91 Å². The van der Waals surface area contributed by atoms with Gasteiger partial charge in [0.25, 0.3) is 0 Å². The van der Waals surface area contributed by atoms with E-state index in [0.29, 0.717) is 35.8 Å². The molecule has 2 rings (SSSR count). The average molecular weight is 301 g/mol. The van der Waals surface area contributed by atoms with Gasteiger partial charge in [0.05, 0.1) is 0 Å². The highest BCUT2D eigenvalue weighted by Crippen LogP contribution is 2.39. The second-order valence-electron chi connectivity index (χ2n) is 5.54. The number of rotatable bonds is 8. The first-order chi connectivity index (χ1) is 9.20. The van der Waals surface area contributed by atoms with Gasteiger partial charge in [0, 0.05) is 30.6 Å². The normalized spacial score (nSPS) is 29.3. The standard InChI is InChI=1S/C14H23NO2S2/c16-11(5-3-7-18)4-1-2-6-12-14-10(9-19-12)8-13(17)15-14/h10,12,14,18H,1-9H2,(H,15,17)/t10-,12-,14-/m0/s1. The third-order valence-electron chi connectivity index (χ3n) is 4.02. The van der Waals surface area contributed by atoms with Gasteiger partial charge >= 0.3 is 0 Å². The van der Waals surface area contributed by atoms with Crippen molar-refractivity contribution in [1.29, 1.82) is 0 Å². The van der Waals surface area contributed by atoms with E-state index in [9.17, 15) is 9.59 Å². The highest BCUT2D eigenvalue weighted by molar-refractivity contribution is 8.00. The molecule has 0 aromatic heterocycles. The van der Waals surface area contributed by atoms with E-state index in [-0.39, 0.29) is 5.91 Å².